The van der Waals surface area contributed by atoms with Crippen molar-refractivity contribution in [1.82, 2.24) is 10.6 Å². The molecule has 0 heterocycles. The van der Waals surface area contributed by atoms with Crippen molar-refractivity contribution in [2.75, 3.05) is 26.2 Å². The van der Waals surface area contributed by atoms with Crippen LogP contribution in [0.3, 0.4) is 0 Å². The van der Waals surface area contributed by atoms with Crippen LogP contribution < -0.4 is 22.1 Å². The van der Waals surface area contributed by atoms with Crippen molar-refractivity contribution < 1.29 is 40.1 Å². The molecule has 0 aromatic carbocycles. The fourth-order valence-electron chi connectivity index (χ4n) is 6.11. The summed E-state index contributed by atoms with van der Waals surface area (Å²) in [5.74, 6) is -2.50. The first-order valence-corrected chi connectivity index (χ1v) is 20.9. The molecule has 0 bridgehead atoms. The predicted octanol–water partition coefficient (Wildman–Crippen LogP) is 6.49. The number of rotatable bonds is 37. The van der Waals surface area contributed by atoms with E-state index >= 15 is 0 Å². The molecule has 0 saturated heterocycles. The predicted molar refractivity (Wildman–Crippen MR) is 202 cm³/mol. The number of unbranched alkanes of at least 4 members (excludes halogenated alkanes) is 24. The lowest BCUT2D eigenvalue weighted by Crippen LogP contribution is -2.59. The third-order valence-corrected chi connectivity index (χ3v) is 9.23. The molecule has 294 valence electrons. The van der Waals surface area contributed by atoms with Gasteiger partial charge < -0.3 is 31.6 Å². The Bertz CT molecular complexity index is 762. The van der Waals surface area contributed by atoms with Crippen LogP contribution in [0.1, 0.15) is 194 Å². The Morgan fingerprint density at radius 3 is 0.900 bits per heavy atom. The lowest BCUT2D eigenvalue weighted by atomic mass is 10.0. The fourth-order valence-corrected chi connectivity index (χ4v) is 6.11. The van der Waals surface area contributed by atoms with E-state index in [9.17, 15) is 19.2 Å². The first kappa shape index (κ1) is 47.8. The first-order chi connectivity index (χ1) is 24.4. The molecule has 10 heteroatoms. The number of ether oxygens (including phenoxy) is 2. The van der Waals surface area contributed by atoms with Crippen LogP contribution in [0, 0.1) is 0 Å². The second kappa shape index (κ2) is 36.6. The minimum atomic E-state index is -1.57. The van der Waals surface area contributed by atoms with Gasteiger partial charge in [0.1, 0.15) is 0 Å². The molecule has 0 radical (unpaired) electrons. The zero-order chi connectivity index (χ0) is 36.9. The molecular formula is C40H80N4O6+2. The molecule has 10 nitrogen and oxygen atoms in total. The average molecular weight is 713 g/mol. The Balaban J connectivity index is 4.70. The van der Waals surface area contributed by atoms with Gasteiger partial charge >= 0.3 is 11.9 Å². The summed E-state index contributed by atoms with van der Waals surface area (Å²) < 4.78 is 11.2. The zero-order valence-corrected chi connectivity index (χ0v) is 32.6. The van der Waals surface area contributed by atoms with Crippen molar-refractivity contribution in [3.8, 4) is 0 Å². The smallest absolute Gasteiger partial charge is 0.306 e. The van der Waals surface area contributed by atoms with Gasteiger partial charge in [0.15, 0.2) is 0 Å². The van der Waals surface area contributed by atoms with Crippen LogP contribution in [0.4, 0.5) is 0 Å². The summed E-state index contributed by atoms with van der Waals surface area (Å²) in [5, 5.41) is 5.31. The number of hydrogen-bond donors (Lipinski definition) is 4. The van der Waals surface area contributed by atoms with Gasteiger partial charge in [-0.3, -0.25) is 19.2 Å². The van der Waals surface area contributed by atoms with Crippen LogP contribution >= 0.6 is 0 Å². The summed E-state index contributed by atoms with van der Waals surface area (Å²) in [4.78, 5) is 52.0. The average Bonchev–Trinajstić information content (AvgIpc) is 3.11. The third kappa shape index (κ3) is 29.5. The lowest BCUT2D eigenvalue weighted by Gasteiger charge is -2.25. The van der Waals surface area contributed by atoms with Gasteiger partial charge in [-0.05, 0) is 12.8 Å². The molecule has 0 saturated carbocycles. The van der Waals surface area contributed by atoms with Crippen molar-refractivity contribution in [2.24, 2.45) is 0 Å². The zero-order valence-electron chi connectivity index (χ0n) is 32.6. The quantitative estimate of drug-likeness (QED) is 0.0425. The molecular weight excluding hydrogens is 632 g/mol. The van der Waals surface area contributed by atoms with Gasteiger partial charge in [0.05, 0.1) is 26.2 Å². The number of quaternary nitrogens is 2. The second-order valence-corrected chi connectivity index (χ2v) is 14.1. The molecule has 50 heavy (non-hydrogen) atoms. The normalized spacial score (nSPS) is 12.3. The van der Waals surface area contributed by atoms with E-state index in [0.29, 0.717) is 25.9 Å². The highest BCUT2D eigenvalue weighted by atomic mass is 16.6. The van der Waals surface area contributed by atoms with E-state index in [0.717, 1.165) is 38.5 Å². The Morgan fingerprint density at radius 2 is 0.660 bits per heavy atom. The molecule has 0 aliphatic carbocycles. The summed E-state index contributed by atoms with van der Waals surface area (Å²) >= 11 is 0. The highest BCUT2D eigenvalue weighted by Gasteiger charge is 2.40. The van der Waals surface area contributed by atoms with Gasteiger partial charge in [0.25, 0.3) is 11.8 Å². The summed E-state index contributed by atoms with van der Waals surface area (Å²) in [5.41, 5.74) is 7.48. The number of nitrogens with one attached hydrogen (secondary N) is 2. The van der Waals surface area contributed by atoms with Gasteiger partial charge in [-0.25, -0.2) is 0 Å². The maximum absolute atomic E-state index is 13.1. The van der Waals surface area contributed by atoms with Crippen molar-refractivity contribution in [2.45, 2.75) is 206 Å². The molecule has 0 unspecified atom stereocenters. The van der Waals surface area contributed by atoms with E-state index in [1.807, 2.05) is 0 Å². The van der Waals surface area contributed by atoms with Crippen LogP contribution in [0.15, 0.2) is 0 Å². The molecule has 2 amide bonds. The molecule has 0 aliphatic rings. The highest BCUT2D eigenvalue weighted by Crippen LogP contribution is 2.16. The van der Waals surface area contributed by atoms with Crippen LogP contribution in [0.2, 0.25) is 0 Å². The van der Waals surface area contributed by atoms with Crippen LogP contribution in [-0.2, 0) is 28.7 Å². The first-order valence-electron chi connectivity index (χ1n) is 20.9. The lowest BCUT2D eigenvalue weighted by molar-refractivity contribution is -0.365. The number of esters is 2. The topological polar surface area (TPSA) is 166 Å². The van der Waals surface area contributed by atoms with Crippen LogP contribution in [0.5, 0.6) is 0 Å². The summed E-state index contributed by atoms with van der Waals surface area (Å²) in [6.07, 6.45) is 28.1. The van der Waals surface area contributed by atoms with Crippen LogP contribution in [-0.4, -0.2) is 62.1 Å². The van der Waals surface area contributed by atoms with Crippen molar-refractivity contribution in [3.05, 3.63) is 0 Å². The van der Waals surface area contributed by atoms with Crippen molar-refractivity contribution >= 4 is 23.8 Å². The van der Waals surface area contributed by atoms with Gasteiger partial charge in [-0.15, -0.1) is 0 Å². The second-order valence-electron chi connectivity index (χ2n) is 14.1. The Hall–Kier alpha value is -2.20. The van der Waals surface area contributed by atoms with Gasteiger partial charge in [0.2, 0.25) is 12.2 Å². The minimum absolute atomic E-state index is 0.136. The van der Waals surface area contributed by atoms with E-state index in [4.69, 9.17) is 9.47 Å². The Kier molecular flexibility index (Phi) is 35.0. The van der Waals surface area contributed by atoms with E-state index in [-0.39, 0.29) is 25.9 Å². The van der Waals surface area contributed by atoms with Crippen molar-refractivity contribution in [1.29, 1.82) is 0 Å². The van der Waals surface area contributed by atoms with Crippen LogP contribution in [0.25, 0.3) is 0 Å². The molecule has 0 spiro atoms. The van der Waals surface area contributed by atoms with E-state index in [1.165, 1.54) is 116 Å². The number of hydrogen-bond acceptors (Lipinski definition) is 6. The molecule has 0 fully saturated rings. The third-order valence-electron chi connectivity index (χ3n) is 9.23. The number of carbonyl (C=O) groups is 4. The highest BCUT2D eigenvalue weighted by molar-refractivity contribution is 5.93. The fraction of sp³-hybridized carbons (Fsp3) is 0.900. The molecule has 2 atom stereocenters. The number of carbonyl (C=O) groups excluding carboxylic acids is 4. The largest absolute Gasteiger partial charge is 0.448 e. The van der Waals surface area contributed by atoms with Gasteiger partial charge in [-0.1, -0.05) is 168 Å². The summed E-state index contributed by atoms with van der Waals surface area (Å²) in [6, 6.07) is 0. The van der Waals surface area contributed by atoms with E-state index < -0.39 is 36.0 Å². The standard InChI is InChI=1S/C40H78N4O6/c1-3-5-7-9-11-13-15-17-19-21-23-25-27-29-35(45)49-37(39(47)43-33-31-41)38(40(48)44-34-32-42)50-36(46)30-28-26-24-22-20-18-16-14-12-10-8-6-4-2/h37-38H,3-34,41-42H2,1-2H3,(H,43,47)(H,44,48)/p+2/t37-,38-/m1/s1. The van der Waals surface area contributed by atoms with E-state index in [2.05, 4.69) is 35.9 Å². The molecule has 0 aromatic heterocycles. The SMILES string of the molecule is CCCCCCCCCCCCCCCC(=O)O[C@@H](C(=O)NCC[NH3+])[C@@H](OC(=O)CCCCCCCCCCCCCCC)C(=O)NCC[NH3+]. The maximum atomic E-state index is 13.1. The Morgan fingerprint density at radius 1 is 0.420 bits per heavy atom. The maximum Gasteiger partial charge on any atom is 0.306 e. The minimum Gasteiger partial charge on any atom is -0.448 e. The summed E-state index contributed by atoms with van der Waals surface area (Å²) in [7, 11) is 0. The molecule has 0 aromatic rings. The molecule has 8 N–H and O–H groups in total. The number of amides is 2. The molecule has 0 aliphatic heterocycles. The van der Waals surface area contributed by atoms with Gasteiger partial charge in [-0.2, -0.15) is 0 Å². The van der Waals surface area contributed by atoms with Crippen molar-refractivity contribution in [3.63, 3.8) is 0 Å². The Labute approximate surface area is 306 Å². The molecule has 0 rings (SSSR count). The monoisotopic (exact) mass is 713 g/mol. The van der Waals surface area contributed by atoms with E-state index in [1.54, 1.807) is 0 Å². The summed E-state index contributed by atoms with van der Waals surface area (Å²) in [6.45, 7) is 5.81. The van der Waals surface area contributed by atoms with Gasteiger partial charge in [0, 0.05) is 12.8 Å².